The minimum Gasteiger partial charge on any atom is -0.458 e. The zero-order chi connectivity index (χ0) is 49.6. The van der Waals surface area contributed by atoms with Crippen LogP contribution in [0.2, 0.25) is 0 Å². The molecule has 67 heavy (non-hydrogen) atoms. The number of aliphatic hydroxyl groups is 1. The lowest BCUT2D eigenvalue weighted by molar-refractivity contribution is -0.328. The van der Waals surface area contributed by atoms with Crippen LogP contribution in [0.3, 0.4) is 0 Å². The molecular weight excluding hydrogens is 869 g/mol. The Balaban J connectivity index is 1.49. The van der Waals surface area contributed by atoms with Crippen LogP contribution in [0.1, 0.15) is 98.4 Å². The number of esters is 3. The fourth-order valence-corrected chi connectivity index (χ4v) is 11.7. The summed E-state index contributed by atoms with van der Waals surface area (Å²) < 4.78 is 57.8. The van der Waals surface area contributed by atoms with Crippen LogP contribution >= 0.6 is 0 Å². The highest BCUT2D eigenvalue weighted by atomic mass is 16.7. The van der Waals surface area contributed by atoms with Gasteiger partial charge in [0.2, 0.25) is 0 Å². The number of rotatable bonds is 12. The molecule has 17 heteroatoms. The monoisotopic (exact) mass is 943 g/mol. The first-order chi connectivity index (χ1) is 31.4. The predicted octanol–water partition coefficient (Wildman–Crippen LogP) is 4.30. The summed E-state index contributed by atoms with van der Waals surface area (Å²) in [6.07, 6.45) is -8.32. The van der Waals surface area contributed by atoms with Crippen LogP contribution < -0.4 is 0 Å². The number of carbonyl (C=O) groups excluding carboxylic acids is 5. The van der Waals surface area contributed by atoms with Crippen LogP contribution in [-0.2, 0) is 61.8 Å². The third-order valence-corrected chi connectivity index (χ3v) is 15.2. The molecule has 0 saturated carbocycles. The fourth-order valence-electron chi connectivity index (χ4n) is 11.7. The fraction of sp³-hybridized carbons (Fsp3) is 0.740. The number of benzene rings is 1. The maximum absolute atomic E-state index is 15.5. The maximum atomic E-state index is 15.5. The third-order valence-electron chi connectivity index (χ3n) is 15.2. The van der Waals surface area contributed by atoms with Crippen molar-refractivity contribution in [2.75, 3.05) is 41.4 Å². The van der Waals surface area contributed by atoms with E-state index >= 15 is 9.59 Å². The molecule has 18 atom stereocenters. The zero-order valence-electron chi connectivity index (χ0n) is 41.6. The summed E-state index contributed by atoms with van der Waals surface area (Å²) in [7, 11) is 6.91. The summed E-state index contributed by atoms with van der Waals surface area (Å²) in [5, 5.41) is 11.9. The molecule has 5 aliphatic heterocycles. The standard InChI is InChI=1S/C50H74N2O15/c1-15-22-60-49(9)24-27(3)40(55)47(7)26-52(13)35-39(47)50(10,67-45(35)58)33(16-2)63-43(56)29(5)36(53)38(42(49)66-46-37(54)32(51(11)12)23-28(4)61-46)64-34-25-48(8,59-14)41(30(6)62-34)65-44(57)31-20-18-17-19-21-31/h15,17-21,27-30,32-35,37-39,41-42,46,54H,1,16,22-26H2,2-14H3/t27-,28-,29-,30+,32+,33-,34?,35?,37-,38+,39?,41+,42-,46+,47?,48-,49+,50-/m1/s1. The predicted molar refractivity (Wildman–Crippen MR) is 242 cm³/mol. The molecule has 5 heterocycles. The summed E-state index contributed by atoms with van der Waals surface area (Å²) in [5.41, 5.74) is -5.17. The van der Waals surface area contributed by atoms with Crippen LogP contribution in [0.25, 0.3) is 0 Å². The largest absolute Gasteiger partial charge is 0.458 e. The highest BCUT2D eigenvalue weighted by molar-refractivity contribution is 6.01. The van der Waals surface area contributed by atoms with E-state index in [2.05, 4.69) is 6.58 Å². The average Bonchev–Trinajstić information content (AvgIpc) is 3.74. The van der Waals surface area contributed by atoms with E-state index in [0.717, 1.165) is 0 Å². The van der Waals surface area contributed by atoms with E-state index < -0.39 is 131 Å². The number of cyclic esters (lactones) is 1. The van der Waals surface area contributed by atoms with Gasteiger partial charge >= 0.3 is 17.9 Å². The number of ketones is 2. The van der Waals surface area contributed by atoms with Gasteiger partial charge in [-0.2, -0.15) is 0 Å². The van der Waals surface area contributed by atoms with Crippen molar-refractivity contribution in [3.8, 4) is 0 Å². The molecular formula is C50H74N2O15. The molecule has 1 aromatic rings. The molecule has 374 valence electrons. The Kier molecular flexibility index (Phi) is 16.0. The van der Waals surface area contributed by atoms with Gasteiger partial charge in [-0.1, -0.05) is 45.0 Å². The lowest BCUT2D eigenvalue weighted by Gasteiger charge is -2.50. The molecule has 5 saturated heterocycles. The molecule has 5 fully saturated rings. The molecule has 0 radical (unpaired) electrons. The lowest BCUT2D eigenvalue weighted by Crippen LogP contribution is -2.64. The minimum absolute atomic E-state index is 0.0690. The quantitative estimate of drug-likeness (QED) is 0.135. The summed E-state index contributed by atoms with van der Waals surface area (Å²) >= 11 is 0. The number of aliphatic hydroxyl groups excluding tert-OH is 1. The minimum atomic E-state index is -1.74. The zero-order valence-corrected chi connectivity index (χ0v) is 41.6. The van der Waals surface area contributed by atoms with Gasteiger partial charge in [0.1, 0.15) is 47.8 Å². The van der Waals surface area contributed by atoms with E-state index in [1.54, 1.807) is 78.9 Å². The first kappa shape index (κ1) is 52.7. The SMILES string of the molecule is C=CCO[C@@]1(C)C[C@@H](C)C(=O)C2(C)CN(C)C3C(=O)O[C@@](C)(C32)[C@@H](CC)OC(=O)[C@H](C)C(=O)[C@H](OC2C[C@@](C)(OC)[C@@H](OC(=O)c3ccccc3)[C@H](C)O2)[C@H]1O[C@@H]1O[C@H](C)C[C@H](N(C)C)[C@H]1O. The van der Waals surface area contributed by atoms with Crippen LogP contribution in [0.15, 0.2) is 43.0 Å². The van der Waals surface area contributed by atoms with Crippen LogP contribution in [0, 0.1) is 23.2 Å². The molecule has 0 aromatic heterocycles. The normalized spacial score (nSPS) is 43.3. The van der Waals surface area contributed by atoms with E-state index in [1.807, 2.05) is 37.7 Å². The smallest absolute Gasteiger partial charge is 0.338 e. The number of methoxy groups -OCH3 is 1. The van der Waals surface area contributed by atoms with Gasteiger partial charge in [-0.3, -0.25) is 24.1 Å². The van der Waals surface area contributed by atoms with E-state index in [4.69, 9.17) is 42.6 Å². The Bertz CT molecular complexity index is 1990. The summed E-state index contributed by atoms with van der Waals surface area (Å²) in [6.45, 7) is 19.5. The van der Waals surface area contributed by atoms with Gasteiger partial charge in [-0.05, 0) is 94.1 Å². The molecule has 0 aliphatic carbocycles. The van der Waals surface area contributed by atoms with E-state index in [1.165, 1.54) is 20.1 Å². The third kappa shape index (κ3) is 10.0. The van der Waals surface area contributed by atoms with Crippen molar-refractivity contribution >= 4 is 29.5 Å². The Morgan fingerprint density at radius 2 is 1.63 bits per heavy atom. The molecule has 6 rings (SSSR count). The van der Waals surface area contributed by atoms with Crippen molar-refractivity contribution in [3.63, 3.8) is 0 Å². The van der Waals surface area contributed by atoms with Gasteiger partial charge in [0.05, 0.1) is 30.0 Å². The molecule has 0 bridgehead atoms. The molecule has 5 aliphatic rings. The molecule has 0 spiro atoms. The van der Waals surface area contributed by atoms with Crippen molar-refractivity contribution in [2.45, 2.75) is 172 Å². The van der Waals surface area contributed by atoms with E-state index in [9.17, 15) is 19.5 Å². The molecule has 4 unspecified atom stereocenters. The number of nitrogens with zero attached hydrogens (tertiary/aromatic N) is 2. The van der Waals surface area contributed by atoms with Gasteiger partial charge < -0.3 is 52.6 Å². The van der Waals surface area contributed by atoms with Crippen molar-refractivity contribution < 1.29 is 71.7 Å². The number of likely N-dealkylation sites (N-methyl/N-ethyl adjacent to an activating group) is 2. The van der Waals surface area contributed by atoms with Crippen LogP contribution in [0.4, 0.5) is 0 Å². The second-order valence-corrected chi connectivity index (χ2v) is 20.6. The van der Waals surface area contributed by atoms with Gasteiger partial charge in [-0.25, -0.2) is 4.79 Å². The molecule has 17 nitrogen and oxygen atoms in total. The maximum Gasteiger partial charge on any atom is 0.338 e. The average molecular weight is 943 g/mol. The first-order valence-electron chi connectivity index (χ1n) is 23.6. The summed E-state index contributed by atoms with van der Waals surface area (Å²) in [5.74, 6) is -6.10. The van der Waals surface area contributed by atoms with Gasteiger partial charge in [0.25, 0.3) is 0 Å². The number of Topliss-reactive ketones (excluding diaryl/α,β-unsaturated/α-hetero) is 2. The number of likely N-dealkylation sites (tertiary alicyclic amines) is 1. The van der Waals surface area contributed by atoms with Crippen molar-refractivity contribution in [1.82, 2.24) is 9.80 Å². The van der Waals surface area contributed by atoms with Crippen molar-refractivity contribution in [3.05, 3.63) is 48.6 Å². The first-order valence-corrected chi connectivity index (χ1v) is 23.6. The summed E-state index contributed by atoms with van der Waals surface area (Å²) in [4.78, 5) is 76.3. The Morgan fingerprint density at radius 3 is 2.24 bits per heavy atom. The van der Waals surface area contributed by atoms with Crippen LogP contribution in [0.5, 0.6) is 0 Å². The molecule has 0 amide bonds. The summed E-state index contributed by atoms with van der Waals surface area (Å²) in [6, 6.07) is 7.29. The van der Waals surface area contributed by atoms with Crippen molar-refractivity contribution in [1.29, 1.82) is 0 Å². The highest BCUT2D eigenvalue weighted by Crippen LogP contribution is 2.56. The number of ether oxygens (including phenoxy) is 9. The topological polar surface area (TPSA) is 195 Å². The second-order valence-electron chi connectivity index (χ2n) is 20.6. The highest BCUT2D eigenvalue weighted by Gasteiger charge is 2.71. The van der Waals surface area contributed by atoms with Gasteiger partial charge in [0.15, 0.2) is 30.1 Å². The molecule has 1 aromatic carbocycles. The van der Waals surface area contributed by atoms with Gasteiger partial charge in [0, 0.05) is 43.4 Å². The van der Waals surface area contributed by atoms with E-state index in [-0.39, 0.29) is 38.2 Å². The second kappa shape index (κ2) is 20.4. The number of hydrogen-bond donors (Lipinski definition) is 1. The lowest BCUT2D eigenvalue weighted by atomic mass is 9.62. The Morgan fingerprint density at radius 1 is 0.955 bits per heavy atom. The van der Waals surface area contributed by atoms with Crippen molar-refractivity contribution in [2.24, 2.45) is 23.2 Å². The van der Waals surface area contributed by atoms with E-state index in [0.29, 0.717) is 12.0 Å². The molecule has 1 N–H and O–H groups in total. The number of hydrogen-bond acceptors (Lipinski definition) is 17. The van der Waals surface area contributed by atoms with Gasteiger partial charge in [-0.15, -0.1) is 6.58 Å². The Labute approximate surface area is 395 Å². The van der Waals surface area contributed by atoms with Crippen LogP contribution in [-0.4, -0.2) is 170 Å². The number of carbonyl (C=O) groups is 5. The Hall–Kier alpha value is -3.65.